The predicted molar refractivity (Wildman–Crippen MR) is 113 cm³/mol. The Kier molecular flexibility index (Phi) is 4.39. The number of nitro groups is 1. The molecule has 0 bridgehead atoms. The third-order valence-electron chi connectivity index (χ3n) is 6.00. The van der Waals surface area contributed by atoms with Gasteiger partial charge in [-0.3, -0.25) is 19.9 Å². The average Bonchev–Trinajstić information content (AvgIpc) is 3.16. The van der Waals surface area contributed by atoms with Gasteiger partial charge in [-0.1, -0.05) is 84.9 Å². The van der Waals surface area contributed by atoms with E-state index in [1.807, 2.05) is 60.7 Å². The zero-order chi connectivity index (χ0) is 20.7. The van der Waals surface area contributed by atoms with E-state index >= 15 is 0 Å². The zero-order valence-corrected chi connectivity index (χ0v) is 16.0. The fourth-order valence-corrected chi connectivity index (χ4v) is 4.73. The molecule has 2 aliphatic rings. The van der Waals surface area contributed by atoms with Crippen LogP contribution in [0.2, 0.25) is 0 Å². The summed E-state index contributed by atoms with van der Waals surface area (Å²) in [6, 6.07) is 23.4. The lowest BCUT2D eigenvalue weighted by Crippen LogP contribution is -2.38. The summed E-state index contributed by atoms with van der Waals surface area (Å²) in [5.74, 6) is -0.780. The van der Waals surface area contributed by atoms with Crippen molar-refractivity contribution < 1.29 is 9.72 Å². The number of carbonyl (C=O) groups excluding carboxylic acids is 1. The number of fused-ring (bicyclic) bond motifs is 3. The standard InChI is InChI=1S/C24H19N3O3/c28-24(17-11-5-2-6-12-17)23-20(16-9-3-1-4-10-16)22(27(29)30)21-19-14-8-7-13-18(19)15-25-26(21)23/h1-15,20-23H/t20-,21-,22+,23+/m1/s1. The number of hydrogen-bond donors (Lipinski definition) is 0. The second-order valence-corrected chi connectivity index (χ2v) is 7.59. The smallest absolute Gasteiger partial charge is 0.248 e. The third kappa shape index (κ3) is 2.80. The minimum atomic E-state index is -0.997. The van der Waals surface area contributed by atoms with Crippen molar-refractivity contribution in [2.75, 3.05) is 0 Å². The van der Waals surface area contributed by atoms with Crippen LogP contribution in [0.5, 0.6) is 0 Å². The Bertz CT molecular complexity index is 1130. The lowest BCUT2D eigenvalue weighted by molar-refractivity contribution is -0.529. The molecule has 4 atom stereocenters. The van der Waals surface area contributed by atoms with Crippen LogP contribution in [0.4, 0.5) is 0 Å². The molecule has 3 aromatic carbocycles. The van der Waals surface area contributed by atoms with Gasteiger partial charge in [0.05, 0.1) is 12.1 Å². The van der Waals surface area contributed by atoms with Crippen molar-refractivity contribution in [1.82, 2.24) is 5.01 Å². The lowest BCUT2D eigenvalue weighted by Gasteiger charge is -2.30. The summed E-state index contributed by atoms with van der Waals surface area (Å²) in [6.07, 6.45) is 1.70. The number of carbonyl (C=O) groups is 1. The molecule has 1 fully saturated rings. The van der Waals surface area contributed by atoms with Crippen molar-refractivity contribution in [2.45, 2.75) is 24.0 Å². The highest BCUT2D eigenvalue weighted by atomic mass is 16.6. The van der Waals surface area contributed by atoms with Gasteiger partial charge in [0.15, 0.2) is 5.78 Å². The molecule has 0 aliphatic carbocycles. The van der Waals surface area contributed by atoms with Gasteiger partial charge in [0.2, 0.25) is 6.04 Å². The summed E-state index contributed by atoms with van der Waals surface area (Å²) < 4.78 is 0. The Labute approximate surface area is 173 Å². The molecular weight excluding hydrogens is 378 g/mol. The van der Waals surface area contributed by atoms with Gasteiger partial charge in [0.1, 0.15) is 12.1 Å². The Morgan fingerprint density at radius 1 is 0.900 bits per heavy atom. The van der Waals surface area contributed by atoms with E-state index in [2.05, 4.69) is 5.10 Å². The minimum Gasteiger partial charge on any atom is -0.292 e. The van der Waals surface area contributed by atoms with E-state index in [0.29, 0.717) is 5.56 Å². The fraction of sp³-hybridized carbons (Fsp3) is 0.167. The molecule has 6 heteroatoms. The first kappa shape index (κ1) is 18.2. The van der Waals surface area contributed by atoms with Crippen molar-refractivity contribution in [2.24, 2.45) is 5.10 Å². The predicted octanol–water partition coefficient (Wildman–Crippen LogP) is 4.07. The molecule has 0 saturated carbocycles. The molecule has 0 radical (unpaired) electrons. The average molecular weight is 397 g/mol. The van der Waals surface area contributed by atoms with E-state index in [0.717, 1.165) is 16.7 Å². The van der Waals surface area contributed by atoms with Gasteiger partial charge >= 0.3 is 0 Å². The van der Waals surface area contributed by atoms with E-state index in [1.165, 1.54) is 0 Å². The molecule has 3 aromatic rings. The lowest BCUT2D eigenvalue weighted by atomic mass is 9.82. The molecule has 6 nitrogen and oxygen atoms in total. The summed E-state index contributed by atoms with van der Waals surface area (Å²) >= 11 is 0. The molecule has 1 saturated heterocycles. The number of ketones is 1. The maximum absolute atomic E-state index is 13.6. The molecule has 2 aliphatic heterocycles. The van der Waals surface area contributed by atoms with Crippen LogP contribution in [-0.2, 0) is 0 Å². The van der Waals surface area contributed by atoms with Crippen LogP contribution < -0.4 is 0 Å². The number of Topliss-reactive ketones (excluding diaryl/α,β-unsaturated/α-hetero) is 1. The molecule has 0 amide bonds. The van der Waals surface area contributed by atoms with Gasteiger partial charge in [-0.25, -0.2) is 0 Å². The van der Waals surface area contributed by atoms with Gasteiger partial charge < -0.3 is 0 Å². The van der Waals surface area contributed by atoms with Crippen LogP contribution in [-0.4, -0.2) is 34.0 Å². The molecular formula is C24H19N3O3. The van der Waals surface area contributed by atoms with E-state index in [-0.39, 0.29) is 10.7 Å². The first-order valence-corrected chi connectivity index (χ1v) is 9.86. The fourth-order valence-electron chi connectivity index (χ4n) is 4.73. The minimum absolute atomic E-state index is 0.157. The van der Waals surface area contributed by atoms with E-state index < -0.39 is 24.0 Å². The SMILES string of the molecule is O=C(c1ccccc1)[C@@H]1[C@H](c2ccccc2)[C@H]([N+](=O)[O-])[C@H]2c3ccccc3C=NN12. The van der Waals surface area contributed by atoms with Crippen molar-refractivity contribution in [3.05, 3.63) is 117 Å². The summed E-state index contributed by atoms with van der Waals surface area (Å²) in [4.78, 5) is 25.8. The van der Waals surface area contributed by atoms with E-state index in [9.17, 15) is 14.9 Å². The quantitative estimate of drug-likeness (QED) is 0.378. The van der Waals surface area contributed by atoms with Crippen molar-refractivity contribution >= 4 is 12.0 Å². The van der Waals surface area contributed by atoms with E-state index in [4.69, 9.17) is 0 Å². The van der Waals surface area contributed by atoms with Crippen molar-refractivity contribution in [3.63, 3.8) is 0 Å². The third-order valence-corrected chi connectivity index (χ3v) is 6.00. The highest BCUT2D eigenvalue weighted by Crippen LogP contribution is 2.49. The molecule has 0 spiro atoms. The molecule has 0 aromatic heterocycles. The van der Waals surface area contributed by atoms with Gasteiger partial charge in [-0.2, -0.15) is 5.10 Å². The van der Waals surface area contributed by atoms with Gasteiger partial charge in [0, 0.05) is 16.1 Å². The van der Waals surface area contributed by atoms with Crippen LogP contribution in [0.25, 0.3) is 0 Å². The summed E-state index contributed by atoms with van der Waals surface area (Å²) in [6.45, 7) is 0. The number of benzene rings is 3. The molecule has 0 unspecified atom stereocenters. The molecule has 2 heterocycles. The largest absolute Gasteiger partial charge is 0.292 e. The van der Waals surface area contributed by atoms with Gasteiger partial charge in [-0.05, 0) is 11.1 Å². The number of hydrogen-bond acceptors (Lipinski definition) is 5. The van der Waals surface area contributed by atoms with Crippen molar-refractivity contribution in [1.29, 1.82) is 0 Å². The van der Waals surface area contributed by atoms with Crippen LogP contribution in [0, 0.1) is 10.1 Å². The van der Waals surface area contributed by atoms with Gasteiger partial charge in [0.25, 0.3) is 0 Å². The highest BCUT2D eigenvalue weighted by Gasteiger charge is 2.60. The summed E-state index contributed by atoms with van der Waals surface area (Å²) in [7, 11) is 0. The van der Waals surface area contributed by atoms with E-state index in [1.54, 1.807) is 35.5 Å². The second-order valence-electron chi connectivity index (χ2n) is 7.59. The topological polar surface area (TPSA) is 75.8 Å². The van der Waals surface area contributed by atoms with Crippen LogP contribution in [0.15, 0.2) is 90.0 Å². The van der Waals surface area contributed by atoms with Crippen LogP contribution in [0.3, 0.4) is 0 Å². The number of rotatable bonds is 4. The number of hydrazone groups is 1. The maximum Gasteiger partial charge on any atom is 0.248 e. The normalized spacial score (nSPS) is 24.2. The summed E-state index contributed by atoms with van der Waals surface area (Å²) in [5.41, 5.74) is 2.99. The first-order chi connectivity index (χ1) is 14.7. The Balaban J connectivity index is 1.71. The Morgan fingerprint density at radius 2 is 1.53 bits per heavy atom. The first-order valence-electron chi connectivity index (χ1n) is 9.86. The summed E-state index contributed by atoms with van der Waals surface area (Å²) in [5, 5.41) is 18.6. The Morgan fingerprint density at radius 3 is 2.23 bits per heavy atom. The number of nitrogens with zero attached hydrogens (tertiary/aromatic N) is 3. The zero-order valence-electron chi connectivity index (χ0n) is 16.0. The second kappa shape index (κ2) is 7.22. The van der Waals surface area contributed by atoms with Crippen LogP contribution >= 0.6 is 0 Å². The highest BCUT2D eigenvalue weighted by molar-refractivity contribution is 6.01. The maximum atomic E-state index is 13.6. The molecule has 5 rings (SSSR count). The van der Waals surface area contributed by atoms with Crippen LogP contribution in [0.1, 0.15) is 39.0 Å². The molecule has 30 heavy (non-hydrogen) atoms. The van der Waals surface area contributed by atoms with Gasteiger partial charge in [-0.15, -0.1) is 0 Å². The molecule has 148 valence electrons. The van der Waals surface area contributed by atoms with Crippen molar-refractivity contribution in [3.8, 4) is 0 Å². The monoisotopic (exact) mass is 397 g/mol. The Hall–Kier alpha value is -3.80. The molecule has 0 N–H and O–H groups in total.